The zero-order chi connectivity index (χ0) is 18.1. The summed E-state index contributed by atoms with van der Waals surface area (Å²) < 4.78 is 31.4. The van der Waals surface area contributed by atoms with E-state index in [0.29, 0.717) is 26.4 Å². The zero-order valence-electron chi connectivity index (χ0n) is 16.6. The van der Waals surface area contributed by atoms with Gasteiger partial charge >= 0.3 is 8.80 Å². The van der Waals surface area contributed by atoms with E-state index in [9.17, 15) is 0 Å². The molecule has 0 saturated carbocycles. The number of ether oxygens (including phenoxy) is 2. The van der Waals surface area contributed by atoms with Crippen LogP contribution in [-0.4, -0.2) is 46.6 Å². The van der Waals surface area contributed by atoms with Crippen LogP contribution in [0.4, 0.5) is 0 Å². The van der Waals surface area contributed by atoms with E-state index in [-0.39, 0.29) is 0 Å². The standard InChI is InChI=1S/C18H38O5Si/c1-7-13-17(6,18(9-3)19-14-12-15-20-18)23-24(16-8-2,21-10-4)22-11-5/h7-16H2,1-6H3. The maximum Gasteiger partial charge on any atom is 0.501 e. The summed E-state index contributed by atoms with van der Waals surface area (Å²) in [5.74, 6) is -0.721. The van der Waals surface area contributed by atoms with Gasteiger partial charge in [-0.15, -0.1) is 0 Å². The van der Waals surface area contributed by atoms with Gasteiger partial charge in [0, 0.05) is 25.7 Å². The van der Waals surface area contributed by atoms with Crippen molar-refractivity contribution in [3.8, 4) is 0 Å². The van der Waals surface area contributed by atoms with Crippen LogP contribution < -0.4 is 0 Å². The van der Waals surface area contributed by atoms with E-state index in [2.05, 4.69) is 27.7 Å². The van der Waals surface area contributed by atoms with E-state index >= 15 is 0 Å². The van der Waals surface area contributed by atoms with Crippen LogP contribution in [0.2, 0.25) is 6.04 Å². The van der Waals surface area contributed by atoms with E-state index in [1.54, 1.807) is 0 Å². The molecule has 1 atom stereocenters. The summed E-state index contributed by atoms with van der Waals surface area (Å²) in [7, 11) is -2.78. The first-order valence-corrected chi connectivity index (χ1v) is 11.7. The van der Waals surface area contributed by atoms with Crippen molar-refractivity contribution in [2.24, 2.45) is 0 Å². The summed E-state index contributed by atoms with van der Waals surface area (Å²) in [6.07, 6.45) is 4.48. The quantitative estimate of drug-likeness (QED) is 0.477. The van der Waals surface area contributed by atoms with Crippen LogP contribution in [-0.2, 0) is 22.8 Å². The smallest absolute Gasteiger partial charge is 0.374 e. The van der Waals surface area contributed by atoms with Crippen LogP contribution in [0.1, 0.15) is 73.6 Å². The van der Waals surface area contributed by atoms with Crippen LogP contribution in [0.5, 0.6) is 0 Å². The van der Waals surface area contributed by atoms with Gasteiger partial charge in [0.1, 0.15) is 5.60 Å². The first-order chi connectivity index (χ1) is 11.5. The Bertz CT molecular complexity index is 329. The molecule has 1 aliphatic heterocycles. The first kappa shape index (κ1) is 22.1. The molecule has 5 nitrogen and oxygen atoms in total. The number of rotatable bonds is 12. The highest BCUT2D eigenvalue weighted by Crippen LogP contribution is 2.42. The Morgan fingerprint density at radius 3 is 1.96 bits per heavy atom. The molecule has 144 valence electrons. The third-order valence-corrected chi connectivity index (χ3v) is 7.95. The molecule has 0 aromatic carbocycles. The van der Waals surface area contributed by atoms with Gasteiger partial charge in [-0.2, -0.15) is 0 Å². The van der Waals surface area contributed by atoms with Crippen molar-refractivity contribution in [3.05, 3.63) is 0 Å². The fraction of sp³-hybridized carbons (Fsp3) is 1.00. The normalized spacial score (nSPS) is 20.8. The summed E-state index contributed by atoms with van der Waals surface area (Å²) in [6.45, 7) is 15.1. The maximum absolute atomic E-state index is 6.77. The average Bonchev–Trinajstić information content (AvgIpc) is 2.56. The van der Waals surface area contributed by atoms with E-state index < -0.39 is 20.2 Å². The van der Waals surface area contributed by atoms with E-state index in [0.717, 1.165) is 38.1 Å². The summed E-state index contributed by atoms with van der Waals surface area (Å²) >= 11 is 0. The maximum atomic E-state index is 6.77. The molecule has 1 rings (SSSR count). The molecule has 0 spiro atoms. The van der Waals surface area contributed by atoms with Gasteiger partial charge in [0.2, 0.25) is 0 Å². The lowest BCUT2D eigenvalue weighted by atomic mass is 9.87. The summed E-state index contributed by atoms with van der Waals surface area (Å²) in [5.41, 5.74) is -0.581. The van der Waals surface area contributed by atoms with Crippen molar-refractivity contribution >= 4 is 8.80 Å². The van der Waals surface area contributed by atoms with Gasteiger partial charge in [0.05, 0.1) is 13.2 Å². The second kappa shape index (κ2) is 10.2. The molecule has 6 heteroatoms. The lowest BCUT2D eigenvalue weighted by Gasteiger charge is -2.51. The van der Waals surface area contributed by atoms with Gasteiger partial charge in [0.15, 0.2) is 5.79 Å². The van der Waals surface area contributed by atoms with E-state index in [1.165, 1.54) is 0 Å². The molecule has 0 amide bonds. The Kier molecular flexibility index (Phi) is 9.41. The largest absolute Gasteiger partial charge is 0.501 e. The van der Waals surface area contributed by atoms with Crippen molar-refractivity contribution in [1.29, 1.82) is 0 Å². The molecule has 0 aromatic rings. The molecular formula is C18H38O5Si. The van der Waals surface area contributed by atoms with Gasteiger partial charge in [-0.3, -0.25) is 0 Å². The number of hydrogen-bond donors (Lipinski definition) is 0. The Labute approximate surface area is 149 Å². The minimum Gasteiger partial charge on any atom is -0.374 e. The lowest BCUT2D eigenvalue weighted by molar-refractivity contribution is -0.340. The molecule has 1 saturated heterocycles. The second-order valence-corrected chi connectivity index (χ2v) is 9.19. The molecule has 1 fully saturated rings. The minimum atomic E-state index is -2.78. The Balaban J connectivity index is 3.17. The fourth-order valence-electron chi connectivity index (χ4n) is 3.64. The van der Waals surface area contributed by atoms with Gasteiger partial charge in [-0.1, -0.05) is 33.6 Å². The third-order valence-electron chi connectivity index (χ3n) is 4.62. The Morgan fingerprint density at radius 2 is 1.54 bits per heavy atom. The third kappa shape index (κ3) is 5.02. The minimum absolute atomic E-state index is 0.581. The first-order valence-electron chi connectivity index (χ1n) is 9.73. The molecule has 1 heterocycles. The lowest BCUT2D eigenvalue weighted by Crippen LogP contribution is -2.64. The predicted molar refractivity (Wildman–Crippen MR) is 98.0 cm³/mol. The topological polar surface area (TPSA) is 46.2 Å². The van der Waals surface area contributed by atoms with Gasteiger partial charge in [-0.05, 0) is 33.6 Å². The van der Waals surface area contributed by atoms with E-state index in [4.69, 9.17) is 22.8 Å². The molecule has 24 heavy (non-hydrogen) atoms. The second-order valence-electron chi connectivity index (χ2n) is 6.54. The molecule has 0 aliphatic carbocycles. The van der Waals surface area contributed by atoms with Crippen molar-refractivity contribution in [2.75, 3.05) is 26.4 Å². The SMILES string of the molecule is CCCC(C)(O[Si](CCC)(OCC)OCC)C1(CC)OCCCO1. The highest BCUT2D eigenvalue weighted by Gasteiger charge is 2.57. The molecular weight excluding hydrogens is 324 g/mol. The molecule has 0 bridgehead atoms. The average molecular weight is 363 g/mol. The van der Waals surface area contributed by atoms with Crippen molar-refractivity contribution in [1.82, 2.24) is 0 Å². The Hall–Kier alpha value is 0.0169. The Morgan fingerprint density at radius 1 is 0.958 bits per heavy atom. The van der Waals surface area contributed by atoms with Crippen molar-refractivity contribution < 1.29 is 22.8 Å². The summed E-state index contributed by atoms with van der Waals surface area (Å²) in [5, 5.41) is 0. The van der Waals surface area contributed by atoms with Crippen LogP contribution in [0, 0.1) is 0 Å². The monoisotopic (exact) mass is 362 g/mol. The van der Waals surface area contributed by atoms with E-state index in [1.807, 2.05) is 13.8 Å². The molecule has 1 unspecified atom stereocenters. The highest BCUT2D eigenvalue weighted by atomic mass is 28.4. The molecule has 0 aromatic heterocycles. The van der Waals surface area contributed by atoms with Gasteiger partial charge in [0.25, 0.3) is 0 Å². The zero-order valence-corrected chi connectivity index (χ0v) is 17.6. The van der Waals surface area contributed by atoms with Crippen molar-refractivity contribution in [3.63, 3.8) is 0 Å². The van der Waals surface area contributed by atoms with Gasteiger partial charge < -0.3 is 22.8 Å². The molecule has 0 radical (unpaired) electrons. The fourth-order valence-corrected chi connectivity index (χ4v) is 6.67. The highest BCUT2D eigenvalue weighted by molar-refractivity contribution is 6.60. The van der Waals surface area contributed by atoms with Crippen LogP contribution >= 0.6 is 0 Å². The van der Waals surface area contributed by atoms with Crippen LogP contribution in [0.15, 0.2) is 0 Å². The molecule has 0 N–H and O–H groups in total. The van der Waals surface area contributed by atoms with Crippen molar-refractivity contribution in [2.45, 2.75) is 91.1 Å². The van der Waals surface area contributed by atoms with Crippen LogP contribution in [0.25, 0.3) is 0 Å². The molecule has 1 aliphatic rings. The summed E-state index contributed by atoms with van der Waals surface area (Å²) in [6, 6.07) is 0.813. The predicted octanol–water partition coefficient (Wildman–Crippen LogP) is 4.53. The number of hydrogen-bond acceptors (Lipinski definition) is 5. The van der Waals surface area contributed by atoms with Gasteiger partial charge in [-0.25, -0.2) is 0 Å². The summed E-state index contributed by atoms with van der Waals surface area (Å²) in [4.78, 5) is 0. The van der Waals surface area contributed by atoms with Crippen LogP contribution in [0.3, 0.4) is 0 Å².